The molecule has 0 aliphatic heterocycles. The van der Waals surface area contributed by atoms with Gasteiger partial charge >= 0.3 is 0 Å². The van der Waals surface area contributed by atoms with E-state index in [-0.39, 0.29) is 5.04 Å². The molecule has 0 fully saturated rings. The van der Waals surface area contributed by atoms with Gasteiger partial charge in [-0.2, -0.15) is 0 Å². The summed E-state index contributed by atoms with van der Waals surface area (Å²) in [4.78, 5) is 13.0. The third-order valence-electron chi connectivity index (χ3n) is 7.62. The number of hydrogen-bond acceptors (Lipinski definition) is 1. The van der Waals surface area contributed by atoms with Gasteiger partial charge in [-0.3, -0.25) is 4.79 Å². The molecule has 0 saturated carbocycles. The molecule has 1 aromatic carbocycles. The minimum atomic E-state index is -1.74. The average molecular weight is 385 g/mol. The highest BCUT2D eigenvalue weighted by atomic mass is 28.3. The minimum Gasteiger partial charge on any atom is -0.294 e. The van der Waals surface area contributed by atoms with Crippen LogP contribution in [0, 0.1) is 11.5 Å². The quantitative estimate of drug-likeness (QED) is 0.382. The summed E-state index contributed by atoms with van der Waals surface area (Å²) in [5.74, 6) is 4.24. The molecular formula is C23H36OSi2. The topological polar surface area (TPSA) is 17.1 Å². The van der Waals surface area contributed by atoms with Crippen molar-refractivity contribution >= 4 is 21.9 Å². The van der Waals surface area contributed by atoms with Gasteiger partial charge in [0.15, 0.2) is 5.78 Å². The normalized spacial score (nSPS) is 19.8. The molecule has 0 heterocycles. The highest BCUT2D eigenvalue weighted by Gasteiger charge is 2.55. The summed E-state index contributed by atoms with van der Waals surface area (Å²) >= 11 is 0. The Kier molecular flexibility index (Phi) is 6.74. The van der Waals surface area contributed by atoms with Crippen LogP contribution in [0.15, 0.2) is 24.3 Å². The first-order valence-corrected chi connectivity index (χ1v) is 15.8. The highest BCUT2D eigenvalue weighted by molar-refractivity contribution is 6.88. The molecule has 0 N–H and O–H groups in total. The molecule has 0 bridgehead atoms. The maximum Gasteiger partial charge on any atom is 0.164 e. The minimum absolute atomic E-state index is 0.170. The van der Waals surface area contributed by atoms with E-state index in [1.807, 2.05) is 12.1 Å². The van der Waals surface area contributed by atoms with Gasteiger partial charge in [-0.25, -0.2) is 0 Å². The van der Waals surface area contributed by atoms with Crippen LogP contribution < -0.4 is 0 Å². The number of hydrogen-bond donors (Lipinski definition) is 0. The fraction of sp³-hybridized carbons (Fsp3) is 0.609. The van der Waals surface area contributed by atoms with Gasteiger partial charge in [0, 0.05) is 12.0 Å². The molecule has 0 aromatic heterocycles. The number of carbonyl (C=O) groups is 1. The second-order valence-corrected chi connectivity index (χ2v) is 18.5. The Labute approximate surface area is 163 Å². The van der Waals surface area contributed by atoms with Gasteiger partial charge in [0.2, 0.25) is 0 Å². The van der Waals surface area contributed by atoms with Crippen molar-refractivity contribution in [3.8, 4) is 11.5 Å². The summed E-state index contributed by atoms with van der Waals surface area (Å²) in [6.07, 6.45) is 0.628. The number of Topliss-reactive ketones (excluding diaryl/α,β-unsaturated/α-hetero) is 1. The molecular weight excluding hydrogens is 348 g/mol. The van der Waals surface area contributed by atoms with Crippen molar-refractivity contribution in [1.82, 2.24) is 0 Å². The van der Waals surface area contributed by atoms with Gasteiger partial charge < -0.3 is 0 Å². The van der Waals surface area contributed by atoms with Crippen LogP contribution in [0.5, 0.6) is 0 Å². The number of benzene rings is 1. The molecule has 0 saturated heterocycles. The van der Waals surface area contributed by atoms with Crippen molar-refractivity contribution in [1.29, 1.82) is 0 Å². The zero-order chi connectivity index (χ0) is 19.4. The van der Waals surface area contributed by atoms with E-state index in [1.165, 1.54) is 41.8 Å². The van der Waals surface area contributed by atoms with Crippen LogP contribution in [0.1, 0.15) is 63.9 Å². The van der Waals surface area contributed by atoms with Gasteiger partial charge in [0.05, 0.1) is 13.1 Å². The molecule has 0 amide bonds. The monoisotopic (exact) mass is 384 g/mol. The van der Waals surface area contributed by atoms with Gasteiger partial charge in [-0.05, 0) is 23.7 Å². The summed E-state index contributed by atoms with van der Waals surface area (Å²) in [5.41, 5.74) is 6.12. The van der Waals surface area contributed by atoms with E-state index in [2.05, 4.69) is 65.1 Å². The molecule has 142 valence electrons. The van der Waals surface area contributed by atoms with Crippen molar-refractivity contribution in [3.05, 3.63) is 35.4 Å². The third kappa shape index (κ3) is 3.16. The van der Waals surface area contributed by atoms with Gasteiger partial charge in [-0.1, -0.05) is 83.9 Å². The molecule has 0 spiro atoms. The van der Waals surface area contributed by atoms with E-state index in [1.54, 1.807) is 0 Å². The fourth-order valence-corrected chi connectivity index (χ4v) is 12.8. The summed E-state index contributed by atoms with van der Waals surface area (Å²) in [7, 11) is -3.28. The second-order valence-electron chi connectivity index (χ2n) is 7.98. The predicted octanol–water partition coefficient (Wildman–Crippen LogP) is 6.61. The number of fused-ring (bicyclic) bond motifs is 1. The molecule has 1 aliphatic carbocycles. The van der Waals surface area contributed by atoms with Gasteiger partial charge in [0.25, 0.3) is 0 Å². The summed E-state index contributed by atoms with van der Waals surface area (Å²) in [6.45, 7) is 14.0. The number of rotatable bonds is 7. The lowest BCUT2D eigenvalue weighted by Crippen LogP contribution is -2.53. The molecule has 26 heavy (non-hydrogen) atoms. The lowest BCUT2D eigenvalue weighted by Gasteiger charge is -2.44. The number of ketones is 1. The molecule has 1 unspecified atom stereocenters. The van der Waals surface area contributed by atoms with Crippen LogP contribution >= 0.6 is 0 Å². The SMILES string of the molecule is CC[Si](C#CC1([Si](CC)(CC)CC)CC(=O)c2ccccc21)(CC)CC. The maximum absolute atomic E-state index is 13.0. The number of carbonyl (C=O) groups excluding carboxylic acids is 1. The summed E-state index contributed by atoms with van der Waals surface area (Å²) in [6, 6.07) is 15.6. The molecule has 1 aliphatic rings. The Hall–Kier alpha value is -1.12. The molecule has 2 rings (SSSR count). The van der Waals surface area contributed by atoms with Crippen molar-refractivity contribution < 1.29 is 4.79 Å². The lowest BCUT2D eigenvalue weighted by atomic mass is 10.0. The second kappa shape index (κ2) is 8.27. The van der Waals surface area contributed by atoms with Gasteiger partial charge in [0.1, 0.15) is 8.07 Å². The summed E-state index contributed by atoms with van der Waals surface area (Å²) < 4.78 is 0. The summed E-state index contributed by atoms with van der Waals surface area (Å²) in [5, 5.41) is -0.170. The van der Waals surface area contributed by atoms with Crippen molar-refractivity contribution in [2.24, 2.45) is 0 Å². The van der Waals surface area contributed by atoms with Crippen LogP contribution in [0.25, 0.3) is 0 Å². The smallest absolute Gasteiger partial charge is 0.164 e. The predicted molar refractivity (Wildman–Crippen MR) is 119 cm³/mol. The standard InChI is InChI=1S/C23H36OSi2/c1-7-25(8-2,9-3)18-17-23(26(10-4,11-5)12-6)19-22(24)20-15-13-14-16-21(20)23/h13-16H,7-12,19H2,1-6H3. The Morgan fingerprint density at radius 3 is 1.92 bits per heavy atom. The van der Waals surface area contributed by atoms with Crippen LogP contribution in [-0.4, -0.2) is 21.9 Å². The first kappa shape index (κ1) is 21.2. The van der Waals surface area contributed by atoms with Crippen LogP contribution in [-0.2, 0) is 5.04 Å². The Morgan fingerprint density at radius 1 is 0.885 bits per heavy atom. The van der Waals surface area contributed by atoms with Crippen LogP contribution in [0.2, 0.25) is 36.3 Å². The van der Waals surface area contributed by atoms with Crippen molar-refractivity contribution in [3.63, 3.8) is 0 Å². The lowest BCUT2D eigenvalue weighted by molar-refractivity contribution is 0.0988. The zero-order valence-corrected chi connectivity index (χ0v) is 19.7. The van der Waals surface area contributed by atoms with Crippen molar-refractivity contribution in [2.75, 3.05) is 0 Å². The Bertz CT molecular complexity index is 688. The first-order valence-electron chi connectivity index (χ1n) is 10.6. The molecule has 0 radical (unpaired) electrons. The van der Waals surface area contributed by atoms with E-state index >= 15 is 0 Å². The molecule has 3 heteroatoms. The van der Waals surface area contributed by atoms with E-state index in [9.17, 15) is 4.79 Å². The fourth-order valence-electron chi connectivity index (χ4n) is 5.16. The largest absolute Gasteiger partial charge is 0.294 e. The maximum atomic E-state index is 13.0. The highest BCUT2D eigenvalue weighted by Crippen LogP contribution is 2.49. The average Bonchev–Trinajstić information content (AvgIpc) is 2.99. The molecule has 1 nitrogen and oxygen atoms in total. The first-order chi connectivity index (χ1) is 12.4. The van der Waals surface area contributed by atoms with Crippen LogP contribution in [0.3, 0.4) is 0 Å². The Balaban J connectivity index is 2.78. The molecule has 1 atom stereocenters. The third-order valence-corrected chi connectivity index (χ3v) is 18.8. The van der Waals surface area contributed by atoms with Gasteiger partial charge in [-0.15, -0.1) is 11.5 Å². The Morgan fingerprint density at radius 2 is 1.42 bits per heavy atom. The van der Waals surface area contributed by atoms with Crippen molar-refractivity contribution in [2.45, 2.75) is 89.3 Å². The van der Waals surface area contributed by atoms with E-state index in [0.29, 0.717) is 12.2 Å². The van der Waals surface area contributed by atoms with Crippen LogP contribution in [0.4, 0.5) is 0 Å². The molecule has 1 aromatic rings. The van der Waals surface area contributed by atoms with E-state index in [0.717, 1.165) is 5.56 Å². The van der Waals surface area contributed by atoms with E-state index < -0.39 is 16.1 Å². The van der Waals surface area contributed by atoms with E-state index in [4.69, 9.17) is 0 Å². The zero-order valence-electron chi connectivity index (χ0n) is 17.7.